The van der Waals surface area contributed by atoms with Crippen LogP contribution in [0.3, 0.4) is 0 Å². The molecule has 0 amide bonds. The third kappa shape index (κ3) is 9.10. The summed E-state index contributed by atoms with van der Waals surface area (Å²) in [4.78, 5) is 1.39. The van der Waals surface area contributed by atoms with Gasteiger partial charge in [0.25, 0.3) is 0 Å². The SMILES string of the molecule is CCCCCCCCCCCCNc1csc(C)c1. The molecule has 1 heterocycles. The van der Waals surface area contributed by atoms with Gasteiger partial charge in [-0.3, -0.25) is 0 Å². The number of unbranched alkanes of at least 4 members (excludes halogenated alkanes) is 9. The van der Waals surface area contributed by atoms with Gasteiger partial charge in [0.1, 0.15) is 0 Å². The largest absolute Gasteiger partial charge is 0.384 e. The first kappa shape index (κ1) is 16.6. The fraction of sp³-hybridized carbons (Fsp3) is 0.765. The quantitative estimate of drug-likeness (QED) is 0.438. The Balaban J connectivity index is 1.79. The molecule has 0 bridgehead atoms. The fourth-order valence-electron chi connectivity index (χ4n) is 2.38. The number of rotatable bonds is 12. The molecule has 110 valence electrons. The molecule has 0 unspecified atom stereocenters. The van der Waals surface area contributed by atoms with Crippen molar-refractivity contribution in [3.8, 4) is 0 Å². The highest BCUT2D eigenvalue weighted by molar-refractivity contribution is 7.10. The summed E-state index contributed by atoms with van der Waals surface area (Å²) >= 11 is 1.82. The van der Waals surface area contributed by atoms with E-state index >= 15 is 0 Å². The molecule has 0 aromatic carbocycles. The highest BCUT2D eigenvalue weighted by atomic mass is 32.1. The summed E-state index contributed by atoms with van der Waals surface area (Å²) in [7, 11) is 0. The van der Waals surface area contributed by atoms with E-state index in [0.29, 0.717) is 0 Å². The molecule has 1 aromatic heterocycles. The molecular formula is C17H31NS. The average Bonchev–Trinajstić information content (AvgIpc) is 2.82. The molecule has 0 atom stereocenters. The summed E-state index contributed by atoms with van der Waals surface area (Å²) in [5, 5.41) is 5.72. The number of hydrogen-bond acceptors (Lipinski definition) is 2. The van der Waals surface area contributed by atoms with Gasteiger partial charge in [-0.1, -0.05) is 64.7 Å². The molecule has 0 aliphatic carbocycles. The third-order valence-electron chi connectivity index (χ3n) is 3.59. The van der Waals surface area contributed by atoms with Crippen molar-refractivity contribution in [2.75, 3.05) is 11.9 Å². The Bertz CT molecular complexity index is 306. The lowest BCUT2D eigenvalue weighted by Crippen LogP contribution is -1.99. The number of aryl methyl sites for hydroxylation is 1. The zero-order valence-corrected chi connectivity index (χ0v) is 13.7. The summed E-state index contributed by atoms with van der Waals surface area (Å²) in [6.45, 7) is 5.58. The molecule has 0 radical (unpaired) electrons. The van der Waals surface area contributed by atoms with E-state index in [-0.39, 0.29) is 0 Å². The van der Waals surface area contributed by atoms with Crippen LogP contribution in [0.1, 0.15) is 76.0 Å². The number of anilines is 1. The van der Waals surface area contributed by atoms with Crippen molar-refractivity contribution in [2.45, 2.75) is 78.1 Å². The molecule has 2 heteroatoms. The van der Waals surface area contributed by atoms with Crippen LogP contribution in [0.5, 0.6) is 0 Å². The second-order valence-electron chi connectivity index (χ2n) is 5.55. The van der Waals surface area contributed by atoms with Gasteiger partial charge in [-0.15, -0.1) is 11.3 Å². The first-order valence-electron chi connectivity index (χ1n) is 8.12. The van der Waals surface area contributed by atoms with Gasteiger partial charge in [0.05, 0.1) is 0 Å². The van der Waals surface area contributed by atoms with Gasteiger partial charge in [-0.25, -0.2) is 0 Å². The lowest BCUT2D eigenvalue weighted by Gasteiger charge is -2.04. The highest BCUT2D eigenvalue weighted by Crippen LogP contribution is 2.18. The summed E-state index contributed by atoms with van der Waals surface area (Å²) in [5.41, 5.74) is 1.30. The molecule has 0 saturated carbocycles. The standard InChI is InChI=1S/C17H31NS/c1-3-4-5-6-7-8-9-10-11-12-13-18-17-14-16(2)19-15-17/h14-15,18H,3-13H2,1-2H3. The maximum atomic E-state index is 3.50. The monoisotopic (exact) mass is 281 g/mol. The van der Waals surface area contributed by atoms with Crippen LogP contribution in [-0.2, 0) is 0 Å². The van der Waals surface area contributed by atoms with Crippen LogP contribution in [0.4, 0.5) is 5.69 Å². The van der Waals surface area contributed by atoms with Gasteiger partial charge in [0, 0.05) is 22.5 Å². The van der Waals surface area contributed by atoms with E-state index in [1.807, 2.05) is 11.3 Å². The fourth-order valence-corrected chi connectivity index (χ4v) is 3.04. The minimum atomic E-state index is 1.13. The Hall–Kier alpha value is -0.500. The van der Waals surface area contributed by atoms with Crippen LogP contribution < -0.4 is 5.32 Å². The number of thiophene rings is 1. The van der Waals surface area contributed by atoms with Gasteiger partial charge >= 0.3 is 0 Å². The van der Waals surface area contributed by atoms with E-state index in [9.17, 15) is 0 Å². The number of hydrogen-bond donors (Lipinski definition) is 1. The van der Waals surface area contributed by atoms with Crippen molar-refractivity contribution in [3.05, 3.63) is 16.3 Å². The normalized spacial score (nSPS) is 10.8. The average molecular weight is 282 g/mol. The van der Waals surface area contributed by atoms with E-state index < -0.39 is 0 Å². The topological polar surface area (TPSA) is 12.0 Å². The third-order valence-corrected chi connectivity index (χ3v) is 4.45. The van der Waals surface area contributed by atoms with Crippen molar-refractivity contribution in [2.24, 2.45) is 0 Å². The van der Waals surface area contributed by atoms with Crippen molar-refractivity contribution in [1.29, 1.82) is 0 Å². The van der Waals surface area contributed by atoms with Crippen molar-refractivity contribution < 1.29 is 0 Å². The maximum absolute atomic E-state index is 3.50. The van der Waals surface area contributed by atoms with Crippen LogP contribution in [-0.4, -0.2) is 6.54 Å². The molecule has 1 rings (SSSR count). The molecule has 0 saturated heterocycles. The van der Waals surface area contributed by atoms with Crippen molar-refractivity contribution in [1.82, 2.24) is 0 Å². The highest BCUT2D eigenvalue weighted by Gasteiger charge is 1.95. The molecule has 0 spiro atoms. The molecular weight excluding hydrogens is 250 g/mol. The van der Waals surface area contributed by atoms with Crippen LogP contribution in [0, 0.1) is 6.92 Å². The van der Waals surface area contributed by atoms with Crippen LogP contribution in [0.15, 0.2) is 11.4 Å². The second-order valence-corrected chi connectivity index (χ2v) is 6.67. The Kier molecular flexibility index (Phi) is 9.88. The Morgan fingerprint density at radius 2 is 1.47 bits per heavy atom. The Labute approximate surface area is 123 Å². The lowest BCUT2D eigenvalue weighted by atomic mass is 10.1. The molecule has 0 fully saturated rings. The molecule has 0 aliphatic heterocycles. The lowest BCUT2D eigenvalue weighted by molar-refractivity contribution is 0.560. The summed E-state index contributed by atoms with van der Waals surface area (Å²) in [6, 6.07) is 2.24. The van der Waals surface area contributed by atoms with E-state index in [0.717, 1.165) is 6.54 Å². The predicted molar refractivity (Wildman–Crippen MR) is 89.4 cm³/mol. The van der Waals surface area contributed by atoms with Crippen LogP contribution in [0.2, 0.25) is 0 Å². The van der Waals surface area contributed by atoms with E-state index in [4.69, 9.17) is 0 Å². The van der Waals surface area contributed by atoms with Crippen LogP contribution >= 0.6 is 11.3 Å². The first-order valence-corrected chi connectivity index (χ1v) is 9.00. The molecule has 0 aliphatic rings. The second kappa shape index (κ2) is 11.3. The minimum absolute atomic E-state index is 1.13. The first-order chi connectivity index (χ1) is 9.33. The van der Waals surface area contributed by atoms with Gasteiger partial charge in [-0.2, -0.15) is 0 Å². The van der Waals surface area contributed by atoms with Gasteiger partial charge < -0.3 is 5.32 Å². The summed E-state index contributed by atoms with van der Waals surface area (Å²) in [6.07, 6.45) is 14.1. The van der Waals surface area contributed by atoms with Gasteiger partial charge in [0.2, 0.25) is 0 Å². The van der Waals surface area contributed by atoms with Crippen LogP contribution in [0.25, 0.3) is 0 Å². The van der Waals surface area contributed by atoms with E-state index in [1.165, 1.54) is 74.8 Å². The minimum Gasteiger partial charge on any atom is -0.384 e. The molecule has 1 N–H and O–H groups in total. The van der Waals surface area contributed by atoms with Gasteiger partial charge in [0.15, 0.2) is 0 Å². The summed E-state index contributed by atoms with van der Waals surface area (Å²) < 4.78 is 0. The van der Waals surface area contributed by atoms with E-state index in [2.05, 4.69) is 30.6 Å². The van der Waals surface area contributed by atoms with Gasteiger partial charge in [-0.05, 0) is 19.4 Å². The smallest absolute Gasteiger partial charge is 0.0451 e. The maximum Gasteiger partial charge on any atom is 0.0451 e. The predicted octanol–water partition coefficient (Wildman–Crippen LogP) is 6.39. The zero-order chi connectivity index (χ0) is 13.8. The molecule has 19 heavy (non-hydrogen) atoms. The van der Waals surface area contributed by atoms with E-state index in [1.54, 1.807) is 0 Å². The zero-order valence-electron chi connectivity index (χ0n) is 12.8. The van der Waals surface area contributed by atoms with Crippen molar-refractivity contribution >= 4 is 17.0 Å². The Morgan fingerprint density at radius 3 is 2.00 bits per heavy atom. The summed E-state index contributed by atoms with van der Waals surface area (Å²) in [5.74, 6) is 0. The Morgan fingerprint density at radius 1 is 0.895 bits per heavy atom. The molecule has 1 aromatic rings. The number of nitrogens with one attached hydrogen (secondary N) is 1. The molecule has 1 nitrogen and oxygen atoms in total. The van der Waals surface area contributed by atoms with Crippen molar-refractivity contribution in [3.63, 3.8) is 0 Å².